The third-order valence-corrected chi connectivity index (χ3v) is 0. The van der Waals surface area contributed by atoms with Crippen LogP contribution in [0.1, 0.15) is 6.92 Å². The van der Waals surface area contributed by atoms with E-state index in [1.165, 1.54) is 0 Å². The second kappa shape index (κ2) is 22.4. The van der Waals surface area contributed by atoms with Crippen LogP contribution in [0.5, 0.6) is 0 Å². The number of hydrogen-bond acceptors (Lipinski definition) is 0. The van der Waals surface area contributed by atoms with Crippen LogP contribution in [0.4, 0.5) is 0 Å². The van der Waals surface area contributed by atoms with Crippen molar-refractivity contribution in [2.24, 2.45) is 0 Å². The van der Waals surface area contributed by atoms with E-state index in [-0.39, 0.29) is 51.3 Å². The summed E-state index contributed by atoms with van der Waals surface area (Å²) in [6.07, 6.45) is 0. The summed E-state index contributed by atoms with van der Waals surface area (Å²) in [6.45, 7) is 5.00. The number of rotatable bonds is 0. The molecule has 0 bridgehead atoms. The fraction of sp³-hybridized carbons (Fsp3) is 0.500. The molecule has 0 saturated heterocycles. The van der Waals surface area contributed by atoms with Gasteiger partial charge in [0.1, 0.15) is 0 Å². The van der Waals surface area contributed by atoms with E-state index >= 15 is 0 Å². The van der Waals surface area contributed by atoms with Crippen LogP contribution in [0.2, 0.25) is 0 Å². The van der Waals surface area contributed by atoms with Crippen LogP contribution in [0.25, 0.3) is 0 Å². The van der Waals surface area contributed by atoms with Gasteiger partial charge >= 0.3 is 0 Å². The molecular formula is C2H5VY-. The minimum absolute atomic E-state index is 0. The molecule has 0 spiro atoms. The van der Waals surface area contributed by atoms with E-state index in [1.54, 1.807) is 6.92 Å². The van der Waals surface area contributed by atoms with Crippen molar-refractivity contribution in [2.45, 2.75) is 6.92 Å². The van der Waals surface area contributed by atoms with Gasteiger partial charge in [0.15, 0.2) is 0 Å². The van der Waals surface area contributed by atoms with Gasteiger partial charge in [0.2, 0.25) is 0 Å². The quantitative estimate of drug-likeness (QED) is 0.471. The van der Waals surface area contributed by atoms with Gasteiger partial charge in [0.25, 0.3) is 0 Å². The topological polar surface area (TPSA) is 0 Å². The van der Waals surface area contributed by atoms with Gasteiger partial charge < -0.3 is 6.92 Å². The van der Waals surface area contributed by atoms with E-state index in [2.05, 4.69) is 6.92 Å². The maximum atomic E-state index is 3.25. The molecule has 4 heavy (non-hydrogen) atoms. The molecule has 0 amide bonds. The molecule has 0 aromatic rings. The Morgan fingerprint density at radius 1 is 1.25 bits per heavy atom. The van der Waals surface area contributed by atoms with Gasteiger partial charge in [0.05, 0.1) is 0 Å². The van der Waals surface area contributed by atoms with Crippen molar-refractivity contribution in [3.05, 3.63) is 6.92 Å². The van der Waals surface area contributed by atoms with E-state index < -0.39 is 0 Å². The first-order valence-corrected chi connectivity index (χ1v) is 0.707. The second-order valence-corrected chi connectivity index (χ2v) is 0. The Hall–Kier alpha value is 1.69. The van der Waals surface area contributed by atoms with Gasteiger partial charge in [-0.15, -0.1) is 0 Å². The molecular weight excluding hydrogens is 164 g/mol. The molecule has 2 radical (unpaired) electrons. The molecule has 0 aromatic carbocycles. The molecule has 0 aliphatic carbocycles. The Morgan fingerprint density at radius 2 is 1.25 bits per heavy atom. The summed E-state index contributed by atoms with van der Waals surface area (Å²) in [5.74, 6) is 0. The normalized spacial score (nSPS) is 1.50. The van der Waals surface area contributed by atoms with Crippen molar-refractivity contribution in [1.29, 1.82) is 0 Å². The summed E-state index contributed by atoms with van der Waals surface area (Å²) in [6, 6.07) is 0. The van der Waals surface area contributed by atoms with Gasteiger partial charge in [-0.05, 0) is 0 Å². The average Bonchev–Trinajstić information content (AvgIpc) is 1.00. The summed E-state index contributed by atoms with van der Waals surface area (Å²) in [4.78, 5) is 0. The maximum Gasteiger partial charge on any atom is 0 e. The smallest absolute Gasteiger partial charge is 0 e. The molecule has 2 heteroatoms. The molecule has 0 aliphatic heterocycles. The third kappa shape index (κ3) is 9.35. The minimum atomic E-state index is 0. The SMILES string of the molecule is [CH2-]C.[V].[Y]. The van der Waals surface area contributed by atoms with Crippen LogP contribution >= 0.6 is 0 Å². The average molecular weight is 169 g/mol. The van der Waals surface area contributed by atoms with Crippen LogP contribution in [-0.2, 0) is 51.3 Å². The Kier molecular flexibility index (Phi) is 96.8. The Bertz CT molecular complexity index is 6.00. The molecule has 0 aromatic heterocycles. The molecule has 0 aliphatic rings. The second-order valence-electron chi connectivity index (χ2n) is 0. The fourth-order valence-corrected chi connectivity index (χ4v) is 0. The minimum Gasteiger partial charge on any atom is -0.346 e. The molecule has 0 saturated carbocycles. The maximum absolute atomic E-state index is 3.25. The van der Waals surface area contributed by atoms with E-state index in [0.29, 0.717) is 0 Å². The van der Waals surface area contributed by atoms with Gasteiger partial charge in [-0.1, -0.05) is 0 Å². The predicted octanol–water partition coefficient (Wildman–Crippen LogP) is 0.835. The van der Waals surface area contributed by atoms with E-state index in [4.69, 9.17) is 0 Å². The van der Waals surface area contributed by atoms with Crippen LogP contribution < -0.4 is 0 Å². The molecule has 0 unspecified atom stereocenters. The van der Waals surface area contributed by atoms with Gasteiger partial charge in [-0.25, -0.2) is 0 Å². The third-order valence-electron chi connectivity index (χ3n) is 0. The van der Waals surface area contributed by atoms with Crippen molar-refractivity contribution >= 4 is 0 Å². The van der Waals surface area contributed by atoms with Crippen LogP contribution in [0.3, 0.4) is 0 Å². The summed E-state index contributed by atoms with van der Waals surface area (Å²) < 4.78 is 0. The van der Waals surface area contributed by atoms with Crippen molar-refractivity contribution in [3.8, 4) is 0 Å². The van der Waals surface area contributed by atoms with E-state index in [0.717, 1.165) is 0 Å². The summed E-state index contributed by atoms with van der Waals surface area (Å²) in [5, 5.41) is 0. The summed E-state index contributed by atoms with van der Waals surface area (Å²) in [5.41, 5.74) is 0. The molecule has 0 nitrogen and oxygen atoms in total. The number of hydrogen-bond donors (Lipinski definition) is 0. The van der Waals surface area contributed by atoms with Crippen LogP contribution in [0, 0.1) is 6.92 Å². The monoisotopic (exact) mass is 169 g/mol. The Balaban J connectivity index is -0.00000000500. The van der Waals surface area contributed by atoms with Gasteiger partial charge in [-0.2, -0.15) is 6.92 Å². The van der Waals surface area contributed by atoms with E-state index in [9.17, 15) is 0 Å². The molecule has 22 valence electrons. The zero-order chi connectivity index (χ0) is 2.00. The standard InChI is InChI=1S/C2H5.V.Y/c1-2;;/h1H2,2H3;;/q-1;;. The predicted molar refractivity (Wildman–Crippen MR) is 11.0 cm³/mol. The zero-order valence-electron chi connectivity index (χ0n) is 2.73. The van der Waals surface area contributed by atoms with E-state index in [1.807, 2.05) is 0 Å². The fourth-order valence-electron chi connectivity index (χ4n) is 0. The zero-order valence-corrected chi connectivity index (χ0v) is 6.97. The summed E-state index contributed by atoms with van der Waals surface area (Å²) in [7, 11) is 0. The summed E-state index contributed by atoms with van der Waals surface area (Å²) >= 11 is 0. The van der Waals surface area contributed by atoms with Crippen molar-refractivity contribution in [2.75, 3.05) is 0 Å². The first kappa shape index (κ1) is 17.3. The molecule has 0 rings (SSSR count). The Labute approximate surface area is 64.5 Å². The first-order chi connectivity index (χ1) is 1.00. The molecule has 0 atom stereocenters. The van der Waals surface area contributed by atoms with Gasteiger partial charge in [-0.3, -0.25) is 0 Å². The molecule has 0 N–H and O–H groups in total. The Morgan fingerprint density at radius 3 is 1.25 bits per heavy atom. The molecule has 0 fully saturated rings. The first-order valence-electron chi connectivity index (χ1n) is 0.707. The molecule has 0 heterocycles. The van der Waals surface area contributed by atoms with Crippen molar-refractivity contribution in [1.82, 2.24) is 0 Å². The van der Waals surface area contributed by atoms with Crippen LogP contribution in [0.15, 0.2) is 0 Å². The van der Waals surface area contributed by atoms with Gasteiger partial charge in [0, 0.05) is 51.3 Å². The van der Waals surface area contributed by atoms with Crippen molar-refractivity contribution in [3.63, 3.8) is 0 Å². The van der Waals surface area contributed by atoms with Crippen molar-refractivity contribution < 1.29 is 51.3 Å². The largest absolute Gasteiger partial charge is 0.346 e. The van der Waals surface area contributed by atoms with Crippen LogP contribution in [-0.4, -0.2) is 0 Å².